The molecule has 34 heavy (non-hydrogen) atoms. The van der Waals surface area contributed by atoms with Crippen LogP contribution in [0.1, 0.15) is 29.3 Å². The number of alkyl halides is 3. The number of halogens is 3. The molecule has 3 N–H and O–H groups in total. The number of aromatic nitrogens is 2. The van der Waals surface area contributed by atoms with Gasteiger partial charge in [0.1, 0.15) is 17.5 Å². The van der Waals surface area contributed by atoms with Crippen LogP contribution < -0.4 is 16.0 Å². The number of rotatable bonds is 4. The minimum absolute atomic E-state index is 0.0341. The number of hydrogen-bond donors (Lipinski definition) is 3. The summed E-state index contributed by atoms with van der Waals surface area (Å²) >= 11 is 0. The highest BCUT2D eigenvalue weighted by atomic mass is 19.4. The number of anilines is 1. The zero-order chi connectivity index (χ0) is 23.7. The Morgan fingerprint density at radius 3 is 2.53 bits per heavy atom. The number of hydrogen-bond acceptors (Lipinski definition) is 6. The zero-order valence-electron chi connectivity index (χ0n) is 18.5. The molecule has 0 saturated heterocycles. The van der Waals surface area contributed by atoms with Gasteiger partial charge in [0, 0.05) is 36.2 Å². The minimum Gasteiger partial charge on any atom is -0.326 e. The lowest BCUT2D eigenvalue weighted by atomic mass is 10.0. The summed E-state index contributed by atoms with van der Waals surface area (Å²) in [6.07, 6.45) is -3.90. The molecule has 174 valence electrons. The highest BCUT2D eigenvalue weighted by Gasteiger charge is 2.34. The number of amidine groups is 1. The van der Waals surface area contributed by atoms with Crippen LogP contribution in [-0.2, 0) is 19.1 Å². The molecule has 5 rings (SSSR count). The van der Waals surface area contributed by atoms with Crippen molar-refractivity contribution in [3.05, 3.63) is 88.4 Å². The summed E-state index contributed by atoms with van der Waals surface area (Å²) in [6.45, 7) is 3.68. The maximum Gasteiger partial charge on any atom is 0.417 e. The van der Waals surface area contributed by atoms with Gasteiger partial charge in [0.2, 0.25) is 0 Å². The van der Waals surface area contributed by atoms with E-state index in [1.165, 1.54) is 12.1 Å². The summed E-state index contributed by atoms with van der Waals surface area (Å²) in [6, 6.07) is 15.2. The van der Waals surface area contributed by atoms with Crippen molar-refractivity contribution in [3.8, 4) is 11.4 Å². The molecule has 0 unspecified atom stereocenters. The van der Waals surface area contributed by atoms with Crippen LogP contribution in [-0.4, -0.2) is 28.9 Å². The van der Waals surface area contributed by atoms with Crippen molar-refractivity contribution in [1.82, 2.24) is 20.6 Å². The molecule has 0 saturated carbocycles. The summed E-state index contributed by atoms with van der Waals surface area (Å²) in [5.74, 6) is 1.98. The lowest BCUT2D eigenvalue weighted by Crippen LogP contribution is -2.34. The molecule has 0 bridgehead atoms. The van der Waals surface area contributed by atoms with Crippen molar-refractivity contribution >= 4 is 11.7 Å². The van der Waals surface area contributed by atoms with Crippen molar-refractivity contribution in [3.63, 3.8) is 0 Å². The quantitative estimate of drug-likeness (QED) is 0.530. The van der Waals surface area contributed by atoms with Gasteiger partial charge in [-0.15, -0.1) is 0 Å². The van der Waals surface area contributed by atoms with E-state index >= 15 is 0 Å². The van der Waals surface area contributed by atoms with E-state index in [2.05, 4.69) is 30.9 Å². The second kappa shape index (κ2) is 8.90. The van der Waals surface area contributed by atoms with Gasteiger partial charge < -0.3 is 16.0 Å². The highest BCUT2D eigenvalue weighted by molar-refractivity contribution is 6.00. The van der Waals surface area contributed by atoms with Crippen LogP contribution in [0.5, 0.6) is 0 Å². The SMILES string of the molecule is CC1=C(Nc2nc(-c3ccccc3C(F)(F)F)nc3c2CNCC3)NC(c2ccccc2)=NC1. The molecule has 0 radical (unpaired) electrons. The first kappa shape index (κ1) is 22.1. The summed E-state index contributed by atoms with van der Waals surface area (Å²) in [5, 5.41) is 9.97. The molecule has 0 atom stereocenters. The first-order chi connectivity index (χ1) is 16.4. The van der Waals surface area contributed by atoms with E-state index in [4.69, 9.17) is 0 Å². The van der Waals surface area contributed by atoms with Crippen LogP contribution in [0.3, 0.4) is 0 Å². The molecule has 3 heterocycles. The maximum atomic E-state index is 13.7. The maximum absolute atomic E-state index is 13.7. The summed E-state index contributed by atoms with van der Waals surface area (Å²) in [4.78, 5) is 13.7. The van der Waals surface area contributed by atoms with E-state index in [-0.39, 0.29) is 11.4 Å². The Morgan fingerprint density at radius 2 is 1.74 bits per heavy atom. The van der Waals surface area contributed by atoms with Crippen LogP contribution in [0.4, 0.5) is 19.0 Å². The molecule has 0 aliphatic carbocycles. The Hall–Kier alpha value is -3.72. The van der Waals surface area contributed by atoms with E-state index in [1.807, 2.05) is 37.3 Å². The molecule has 1 aromatic heterocycles. The number of aliphatic imine (C=N–C) groups is 1. The van der Waals surface area contributed by atoms with E-state index in [9.17, 15) is 13.2 Å². The van der Waals surface area contributed by atoms with Crippen LogP contribution in [0, 0.1) is 0 Å². The van der Waals surface area contributed by atoms with Crippen molar-refractivity contribution in [1.29, 1.82) is 0 Å². The topological polar surface area (TPSA) is 74.2 Å². The second-order valence-corrected chi connectivity index (χ2v) is 8.23. The van der Waals surface area contributed by atoms with E-state index in [0.717, 1.165) is 40.1 Å². The molecule has 2 aliphatic heterocycles. The minimum atomic E-state index is -4.50. The third-order valence-electron chi connectivity index (χ3n) is 5.84. The van der Waals surface area contributed by atoms with Crippen LogP contribution >= 0.6 is 0 Å². The summed E-state index contributed by atoms with van der Waals surface area (Å²) in [7, 11) is 0. The van der Waals surface area contributed by atoms with Gasteiger partial charge in [-0.1, -0.05) is 48.5 Å². The Bertz CT molecular complexity index is 1280. The Labute approximate surface area is 195 Å². The van der Waals surface area contributed by atoms with Gasteiger partial charge in [-0.05, 0) is 18.6 Å². The lowest BCUT2D eigenvalue weighted by molar-refractivity contribution is -0.137. The largest absolute Gasteiger partial charge is 0.417 e. The van der Waals surface area contributed by atoms with Crippen LogP contribution in [0.25, 0.3) is 11.4 Å². The smallest absolute Gasteiger partial charge is 0.326 e. The molecule has 0 fully saturated rings. The zero-order valence-corrected chi connectivity index (χ0v) is 18.5. The first-order valence-corrected chi connectivity index (χ1v) is 11.0. The van der Waals surface area contributed by atoms with Gasteiger partial charge in [-0.2, -0.15) is 13.2 Å². The fourth-order valence-electron chi connectivity index (χ4n) is 4.05. The summed E-state index contributed by atoms with van der Waals surface area (Å²) < 4.78 is 41.1. The molecule has 0 amide bonds. The fraction of sp³-hybridized carbons (Fsp3) is 0.240. The van der Waals surface area contributed by atoms with Gasteiger partial charge >= 0.3 is 6.18 Å². The molecule has 9 heteroatoms. The third-order valence-corrected chi connectivity index (χ3v) is 5.84. The van der Waals surface area contributed by atoms with Gasteiger partial charge in [-0.25, -0.2) is 9.97 Å². The van der Waals surface area contributed by atoms with Gasteiger partial charge in [0.15, 0.2) is 5.82 Å². The molecule has 2 aliphatic rings. The predicted molar refractivity (Wildman–Crippen MR) is 125 cm³/mol. The molecule has 0 spiro atoms. The highest BCUT2D eigenvalue weighted by Crippen LogP contribution is 2.37. The van der Waals surface area contributed by atoms with E-state index < -0.39 is 11.7 Å². The molecule has 3 aromatic rings. The number of fused-ring (bicyclic) bond motifs is 1. The van der Waals surface area contributed by atoms with Crippen molar-refractivity contribution in [2.75, 3.05) is 18.4 Å². The molecular formula is C25H23F3N6. The van der Waals surface area contributed by atoms with Crippen molar-refractivity contribution in [2.45, 2.75) is 26.1 Å². The van der Waals surface area contributed by atoms with E-state index in [0.29, 0.717) is 31.9 Å². The number of nitrogens with zero attached hydrogens (tertiary/aromatic N) is 3. The average Bonchev–Trinajstić information content (AvgIpc) is 2.85. The van der Waals surface area contributed by atoms with Crippen molar-refractivity contribution < 1.29 is 13.2 Å². The lowest BCUT2D eigenvalue weighted by Gasteiger charge is -2.25. The average molecular weight is 464 g/mol. The fourth-order valence-corrected chi connectivity index (χ4v) is 4.05. The second-order valence-electron chi connectivity index (χ2n) is 8.23. The predicted octanol–water partition coefficient (Wildman–Crippen LogP) is 4.50. The molecular weight excluding hydrogens is 441 g/mol. The number of benzene rings is 2. The van der Waals surface area contributed by atoms with Gasteiger partial charge in [0.05, 0.1) is 17.8 Å². The molecule has 6 nitrogen and oxygen atoms in total. The van der Waals surface area contributed by atoms with Crippen LogP contribution in [0.2, 0.25) is 0 Å². The van der Waals surface area contributed by atoms with Crippen molar-refractivity contribution in [2.24, 2.45) is 4.99 Å². The van der Waals surface area contributed by atoms with Crippen LogP contribution in [0.15, 0.2) is 71.0 Å². The standard InChI is InChI=1S/C25H23F3N6/c1-15-13-30-22(16-7-3-2-4-8-16)32-21(15)33-24-18-14-29-12-11-20(18)31-23(34-24)17-9-5-6-10-19(17)25(26,27)28/h2-10,29H,11-14H2,1H3,(H,30,32)(H,31,33,34). The Balaban J connectivity index is 1.54. The monoisotopic (exact) mass is 464 g/mol. The Kier molecular flexibility index (Phi) is 5.79. The normalized spacial score (nSPS) is 15.9. The third kappa shape index (κ3) is 4.38. The molecule has 2 aromatic carbocycles. The Morgan fingerprint density at radius 1 is 0.971 bits per heavy atom. The van der Waals surface area contributed by atoms with Gasteiger partial charge in [-0.3, -0.25) is 4.99 Å². The summed E-state index contributed by atoms with van der Waals surface area (Å²) in [5.41, 5.74) is 2.72. The van der Waals surface area contributed by atoms with Gasteiger partial charge in [0.25, 0.3) is 0 Å². The van der Waals surface area contributed by atoms with E-state index in [1.54, 1.807) is 6.07 Å². The number of nitrogens with one attached hydrogen (secondary N) is 3. The first-order valence-electron chi connectivity index (χ1n) is 11.0.